The van der Waals surface area contributed by atoms with E-state index in [9.17, 15) is 4.39 Å². The highest BCUT2D eigenvalue weighted by molar-refractivity contribution is 5.85. The van der Waals surface area contributed by atoms with Gasteiger partial charge in [-0.15, -0.1) is 12.4 Å². The van der Waals surface area contributed by atoms with Gasteiger partial charge in [-0.05, 0) is 24.6 Å². The molecule has 0 saturated carbocycles. The molecule has 1 aliphatic rings. The molecule has 3 rings (SSSR count). The molecule has 1 atom stereocenters. The number of nitrogens with one attached hydrogen (secondary N) is 1. The Bertz CT molecular complexity index is 590. The molecule has 1 aromatic heterocycles. The normalized spacial score (nSPS) is 19.2. The molecule has 0 spiro atoms. The molecule has 1 aromatic carbocycles. The van der Waals surface area contributed by atoms with Crippen molar-refractivity contribution < 1.29 is 8.91 Å². The van der Waals surface area contributed by atoms with E-state index >= 15 is 0 Å². The first-order chi connectivity index (χ1) is 9.72. The Kier molecular flexibility index (Phi) is 5.33. The van der Waals surface area contributed by atoms with Gasteiger partial charge in [0, 0.05) is 31.7 Å². The minimum absolute atomic E-state index is 0. The number of benzene rings is 1. The molecule has 1 saturated heterocycles. The zero-order valence-electron chi connectivity index (χ0n) is 11.9. The third-order valence-electron chi connectivity index (χ3n) is 3.62. The van der Waals surface area contributed by atoms with E-state index in [1.165, 1.54) is 6.07 Å². The molecule has 2 heterocycles. The van der Waals surface area contributed by atoms with Crippen LogP contribution in [0.1, 0.15) is 23.1 Å². The van der Waals surface area contributed by atoms with Crippen LogP contribution < -0.4 is 5.32 Å². The fourth-order valence-electron chi connectivity index (χ4n) is 2.67. The maximum Gasteiger partial charge on any atom is 0.150 e. The Hall–Kier alpha value is -1.43. The molecule has 6 heteroatoms. The zero-order chi connectivity index (χ0) is 13.9. The van der Waals surface area contributed by atoms with E-state index in [2.05, 4.69) is 15.4 Å². The largest absolute Gasteiger partial charge is 0.360 e. The summed E-state index contributed by atoms with van der Waals surface area (Å²) in [7, 11) is 0. The molecule has 1 aliphatic heterocycles. The molecule has 0 aliphatic carbocycles. The van der Waals surface area contributed by atoms with E-state index in [-0.39, 0.29) is 24.3 Å². The van der Waals surface area contributed by atoms with E-state index in [0.717, 1.165) is 36.7 Å². The van der Waals surface area contributed by atoms with E-state index in [1.807, 2.05) is 19.1 Å². The second-order valence-electron chi connectivity index (χ2n) is 5.18. The van der Waals surface area contributed by atoms with Crippen LogP contribution in [-0.4, -0.2) is 29.7 Å². The highest BCUT2D eigenvalue weighted by atomic mass is 35.5. The Balaban J connectivity index is 0.00000161. The van der Waals surface area contributed by atoms with Crippen molar-refractivity contribution in [3.63, 3.8) is 0 Å². The quantitative estimate of drug-likeness (QED) is 0.946. The van der Waals surface area contributed by atoms with E-state index < -0.39 is 0 Å². The lowest BCUT2D eigenvalue weighted by Crippen LogP contribution is -2.45. The summed E-state index contributed by atoms with van der Waals surface area (Å²) < 4.78 is 18.7. The molecule has 1 unspecified atom stereocenters. The van der Waals surface area contributed by atoms with Crippen LogP contribution in [0.3, 0.4) is 0 Å². The van der Waals surface area contributed by atoms with E-state index in [0.29, 0.717) is 6.54 Å². The number of aryl methyl sites for hydroxylation is 1. The average molecular weight is 312 g/mol. The fraction of sp³-hybridized carbons (Fsp3) is 0.400. The molecule has 1 fully saturated rings. The first-order valence-electron chi connectivity index (χ1n) is 6.85. The van der Waals surface area contributed by atoms with Crippen molar-refractivity contribution in [1.29, 1.82) is 0 Å². The number of piperazine rings is 1. The van der Waals surface area contributed by atoms with Crippen LogP contribution >= 0.6 is 12.4 Å². The van der Waals surface area contributed by atoms with Crippen LogP contribution in [-0.2, 0) is 6.54 Å². The van der Waals surface area contributed by atoms with Crippen molar-refractivity contribution in [2.24, 2.45) is 0 Å². The molecule has 1 N–H and O–H groups in total. The molecule has 4 nitrogen and oxygen atoms in total. The first kappa shape index (κ1) is 15.9. The predicted octanol–water partition coefficient (Wildman–Crippen LogP) is 2.69. The fourth-order valence-corrected chi connectivity index (χ4v) is 2.67. The van der Waals surface area contributed by atoms with Crippen molar-refractivity contribution in [3.8, 4) is 0 Å². The average Bonchev–Trinajstić information content (AvgIpc) is 2.85. The van der Waals surface area contributed by atoms with Gasteiger partial charge in [-0.2, -0.15) is 0 Å². The molecule has 2 aromatic rings. The highest BCUT2D eigenvalue weighted by Gasteiger charge is 2.25. The van der Waals surface area contributed by atoms with E-state index in [4.69, 9.17) is 4.52 Å². The van der Waals surface area contributed by atoms with Gasteiger partial charge in [0.1, 0.15) is 5.82 Å². The summed E-state index contributed by atoms with van der Waals surface area (Å²) in [6.07, 6.45) is 0. The van der Waals surface area contributed by atoms with Crippen molar-refractivity contribution in [2.75, 3.05) is 19.6 Å². The van der Waals surface area contributed by atoms with Crippen LogP contribution in [0.4, 0.5) is 4.39 Å². The molecular weight excluding hydrogens is 293 g/mol. The summed E-state index contributed by atoms with van der Waals surface area (Å²) in [6.45, 7) is 5.26. The number of halogens is 2. The van der Waals surface area contributed by atoms with Crippen LogP contribution in [0, 0.1) is 12.7 Å². The number of hydrogen-bond donors (Lipinski definition) is 1. The Morgan fingerprint density at radius 1 is 1.43 bits per heavy atom. The Morgan fingerprint density at radius 2 is 2.29 bits per heavy atom. The minimum atomic E-state index is -0.191. The predicted molar refractivity (Wildman–Crippen MR) is 80.9 cm³/mol. The standard InChI is InChI=1S/C15H18FN3O.ClH/c1-11-7-14(20-18-11)10-19-6-5-17-9-15(19)12-3-2-4-13(16)8-12;/h2-4,7-8,15,17H,5-6,9-10H2,1H3;1H. The summed E-state index contributed by atoms with van der Waals surface area (Å²) in [5.41, 5.74) is 1.88. The monoisotopic (exact) mass is 311 g/mol. The van der Waals surface area contributed by atoms with Crippen molar-refractivity contribution >= 4 is 12.4 Å². The van der Waals surface area contributed by atoms with Gasteiger partial charge >= 0.3 is 0 Å². The number of aromatic nitrogens is 1. The van der Waals surface area contributed by atoms with Crippen LogP contribution in [0.2, 0.25) is 0 Å². The Labute approximate surface area is 129 Å². The number of rotatable bonds is 3. The molecular formula is C15H19ClFN3O. The molecule has 0 bridgehead atoms. The maximum absolute atomic E-state index is 13.4. The maximum atomic E-state index is 13.4. The van der Waals surface area contributed by atoms with Crippen LogP contribution in [0.25, 0.3) is 0 Å². The molecule has 0 radical (unpaired) electrons. The van der Waals surface area contributed by atoms with Crippen LogP contribution in [0.5, 0.6) is 0 Å². The zero-order valence-corrected chi connectivity index (χ0v) is 12.7. The highest BCUT2D eigenvalue weighted by Crippen LogP contribution is 2.24. The van der Waals surface area contributed by atoms with E-state index in [1.54, 1.807) is 12.1 Å². The molecule has 114 valence electrons. The van der Waals surface area contributed by atoms with Crippen molar-refractivity contribution in [1.82, 2.24) is 15.4 Å². The van der Waals surface area contributed by atoms with Gasteiger partial charge in [-0.25, -0.2) is 4.39 Å². The first-order valence-corrected chi connectivity index (χ1v) is 6.85. The smallest absolute Gasteiger partial charge is 0.150 e. The minimum Gasteiger partial charge on any atom is -0.360 e. The summed E-state index contributed by atoms with van der Waals surface area (Å²) in [6, 6.07) is 8.92. The number of hydrogen-bond acceptors (Lipinski definition) is 4. The third-order valence-corrected chi connectivity index (χ3v) is 3.62. The van der Waals surface area contributed by atoms with Crippen molar-refractivity contribution in [2.45, 2.75) is 19.5 Å². The van der Waals surface area contributed by atoms with Gasteiger partial charge in [0.15, 0.2) is 5.76 Å². The van der Waals surface area contributed by atoms with Gasteiger partial charge < -0.3 is 9.84 Å². The molecule has 21 heavy (non-hydrogen) atoms. The Morgan fingerprint density at radius 3 is 3.00 bits per heavy atom. The van der Waals surface area contributed by atoms with Gasteiger partial charge in [0.05, 0.1) is 12.2 Å². The second kappa shape index (κ2) is 7.02. The van der Waals surface area contributed by atoms with Crippen molar-refractivity contribution in [3.05, 3.63) is 53.2 Å². The lowest BCUT2D eigenvalue weighted by molar-refractivity contribution is 0.138. The SMILES string of the molecule is Cc1cc(CN2CCNCC2c2cccc(F)c2)on1.Cl. The van der Waals surface area contributed by atoms with Gasteiger partial charge in [-0.3, -0.25) is 4.90 Å². The lowest BCUT2D eigenvalue weighted by atomic mass is 10.0. The third kappa shape index (κ3) is 3.81. The summed E-state index contributed by atoms with van der Waals surface area (Å²) in [5.74, 6) is 0.661. The van der Waals surface area contributed by atoms with Gasteiger partial charge in [0.2, 0.25) is 0 Å². The second-order valence-corrected chi connectivity index (χ2v) is 5.18. The summed E-state index contributed by atoms with van der Waals surface area (Å²) >= 11 is 0. The lowest BCUT2D eigenvalue weighted by Gasteiger charge is -2.35. The summed E-state index contributed by atoms with van der Waals surface area (Å²) in [4.78, 5) is 2.30. The van der Waals surface area contributed by atoms with Gasteiger partial charge in [0.25, 0.3) is 0 Å². The van der Waals surface area contributed by atoms with Gasteiger partial charge in [-0.1, -0.05) is 17.3 Å². The topological polar surface area (TPSA) is 41.3 Å². The molecule has 0 amide bonds. The number of nitrogens with zero attached hydrogens (tertiary/aromatic N) is 2. The van der Waals surface area contributed by atoms with Crippen LogP contribution in [0.15, 0.2) is 34.9 Å². The summed E-state index contributed by atoms with van der Waals surface area (Å²) in [5, 5.41) is 7.28.